The highest BCUT2D eigenvalue weighted by Gasteiger charge is 2.01. The van der Waals surface area contributed by atoms with Crippen LogP contribution in [0.1, 0.15) is 25.8 Å². The molecule has 0 bridgehead atoms. The molecule has 1 rings (SSSR count). The Kier molecular flexibility index (Phi) is 5.90. The monoisotopic (exact) mass is 223 g/mol. The number of benzene rings is 1. The van der Waals surface area contributed by atoms with Crippen LogP contribution in [0.3, 0.4) is 0 Å². The summed E-state index contributed by atoms with van der Waals surface area (Å²) < 4.78 is 5.43. The molecule has 0 amide bonds. The zero-order chi connectivity index (χ0) is 11.8. The quantitative estimate of drug-likeness (QED) is 0.742. The molecule has 1 aromatic rings. The van der Waals surface area contributed by atoms with E-state index in [-0.39, 0.29) is 6.61 Å². The molecule has 0 fully saturated rings. The van der Waals surface area contributed by atoms with Gasteiger partial charge in [0.25, 0.3) is 0 Å². The molecular weight excluding hydrogens is 202 g/mol. The second-order valence-electron chi connectivity index (χ2n) is 3.87. The van der Waals surface area contributed by atoms with Crippen LogP contribution in [0.2, 0.25) is 0 Å². The summed E-state index contributed by atoms with van der Waals surface area (Å²) in [5.74, 6) is 0.914. The molecular formula is C13H21NO2. The molecule has 0 aliphatic rings. The SMILES string of the molecule is CCOc1cccc(CNC(C)CCO)c1. The van der Waals surface area contributed by atoms with Crippen LogP contribution in [0.5, 0.6) is 5.75 Å². The maximum atomic E-state index is 8.79. The van der Waals surface area contributed by atoms with Crippen molar-refractivity contribution in [2.45, 2.75) is 32.9 Å². The number of aliphatic hydroxyl groups is 1. The average Bonchev–Trinajstić information content (AvgIpc) is 2.28. The van der Waals surface area contributed by atoms with Gasteiger partial charge in [-0.3, -0.25) is 0 Å². The fraction of sp³-hybridized carbons (Fsp3) is 0.538. The largest absolute Gasteiger partial charge is 0.494 e. The normalized spacial score (nSPS) is 12.4. The van der Waals surface area contributed by atoms with Gasteiger partial charge in [-0.1, -0.05) is 12.1 Å². The summed E-state index contributed by atoms with van der Waals surface area (Å²) in [6.07, 6.45) is 0.783. The minimum atomic E-state index is 0.229. The number of nitrogens with one attached hydrogen (secondary N) is 1. The zero-order valence-corrected chi connectivity index (χ0v) is 10.1. The Bertz CT molecular complexity index is 302. The van der Waals surface area contributed by atoms with Gasteiger partial charge in [-0.2, -0.15) is 0 Å². The summed E-state index contributed by atoms with van der Waals surface area (Å²) in [7, 11) is 0. The molecule has 0 spiro atoms. The minimum absolute atomic E-state index is 0.229. The third-order valence-corrected chi connectivity index (χ3v) is 2.43. The van der Waals surface area contributed by atoms with E-state index in [0.29, 0.717) is 12.6 Å². The van der Waals surface area contributed by atoms with Gasteiger partial charge in [0.2, 0.25) is 0 Å². The fourth-order valence-corrected chi connectivity index (χ4v) is 1.50. The fourth-order valence-electron chi connectivity index (χ4n) is 1.50. The molecule has 1 aromatic carbocycles. The van der Waals surface area contributed by atoms with Gasteiger partial charge in [-0.25, -0.2) is 0 Å². The van der Waals surface area contributed by atoms with Crippen molar-refractivity contribution < 1.29 is 9.84 Å². The van der Waals surface area contributed by atoms with Gasteiger partial charge in [0.05, 0.1) is 6.61 Å². The molecule has 3 heteroatoms. The van der Waals surface area contributed by atoms with Gasteiger partial charge in [0, 0.05) is 19.2 Å². The molecule has 2 N–H and O–H groups in total. The van der Waals surface area contributed by atoms with E-state index in [1.807, 2.05) is 25.1 Å². The topological polar surface area (TPSA) is 41.5 Å². The lowest BCUT2D eigenvalue weighted by Gasteiger charge is -2.12. The van der Waals surface area contributed by atoms with E-state index in [1.54, 1.807) is 0 Å². The number of rotatable bonds is 7. The summed E-state index contributed by atoms with van der Waals surface area (Å²) in [6.45, 7) is 5.78. The van der Waals surface area contributed by atoms with Crippen LogP contribution >= 0.6 is 0 Å². The molecule has 1 unspecified atom stereocenters. The summed E-state index contributed by atoms with van der Waals surface area (Å²) in [5.41, 5.74) is 1.20. The lowest BCUT2D eigenvalue weighted by molar-refractivity contribution is 0.268. The highest BCUT2D eigenvalue weighted by atomic mass is 16.5. The molecule has 0 aliphatic carbocycles. The number of aliphatic hydroxyl groups excluding tert-OH is 1. The highest BCUT2D eigenvalue weighted by Crippen LogP contribution is 2.13. The second-order valence-corrected chi connectivity index (χ2v) is 3.87. The Morgan fingerprint density at radius 2 is 2.25 bits per heavy atom. The Morgan fingerprint density at radius 3 is 2.94 bits per heavy atom. The van der Waals surface area contributed by atoms with Crippen LogP contribution in [0.25, 0.3) is 0 Å². The predicted molar refractivity (Wildman–Crippen MR) is 65.6 cm³/mol. The van der Waals surface area contributed by atoms with E-state index < -0.39 is 0 Å². The van der Waals surface area contributed by atoms with Crippen LogP contribution < -0.4 is 10.1 Å². The van der Waals surface area contributed by atoms with Crippen LogP contribution in [-0.4, -0.2) is 24.4 Å². The molecule has 0 aliphatic heterocycles. The lowest BCUT2D eigenvalue weighted by atomic mass is 10.2. The van der Waals surface area contributed by atoms with Crippen LogP contribution in [0.15, 0.2) is 24.3 Å². The van der Waals surface area contributed by atoms with Crippen LogP contribution in [-0.2, 0) is 6.54 Å². The van der Waals surface area contributed by atoms with Crippen molar-refractivity contribution in [3.8, 4) is 5.75 Å². The molecule has 1 atom stereocenters. The van der Waals surface area contributed by atoms with Crippen molar-refractivity contribution in [3.05, 3.63) is 29.8 Å². The van der Waals surface area contributed by atoms with E-state index in [9.17, 15) is 0 Å². The lowest BCUT2D eigenvalue weighted by Crippen LogP contribution is -2.26. The third kappa shape index (κ3) is 4.64. The van der Waals surface area contributed by atoms with E-state index in [1.165, 1.54) is 5.56 Å². The molecule has 0 saturated carbocycles. The minimum Gasteiger partial charge on any atom is -0.494 e. The Labute approximate surface area is 97.4 Å². The van der Waals surface area contributed by atoms with Crippen molar-refractivity contribution in [1.29, 1.82) is 0 Å². The highest BCUT2D eigenvalue weighted by molar-refractivity contribution is 5.28. The first-order valence-electron chi connectivity index (χ1n) is 5.82. The summed E-state index contributed by atoms with van der Waals surface area (Å²) in [6, 6.07) is 8.41. The van der Waals surface area contributed by atoms with E-state index in [4.69, 9.17) is 9.84 Å². The van der Waals surface area contributed by atoms with Gasteiger partial charge in [-0.05, 0) is 38.0 Å². The third-order valence-electron chi connectivity index (χ3n) is 2.43. The van der Waals surface area contributed by atoms with Crippen molar-refractivity contribution in [2.75, 3.05) is 13.2 Å². The van der Waals surface area contributed by atoms with Crippen molar-refractivity contribution in [1.82, 2.24) is 5.32 Å². The van der Waals surface area contributed by atoms with Gasteiger partial charge in [0.15, 0.2) is 0 Å². The van der Waals surface area contributed by atoms with Crippen LogP contribution in [0.4, 0.5) is 0 Å². The number of ether oxygens (including phenoxy) is 1. The van der Waals surface area contributed by atoms with E-state index in [2.05, 4.69) is 18.3 Å². The van der Waals surface area contributed by atoms with Gasteiger partial charge < -0.3 is 15.2 Å². The average molecular weight is 223 g/mol. The summed E-state index contributed by atoms with van der Waals surface area (Å²) >= 11 is 0. The Morgan fingerprint density at radius 1 is 1.44 bits per heavy atom. The Balaban J connectivity index is 2.44. The van der Waals surface area contributed by atoms with Crippen molar-refractivity contribution in [2.24, 2.45) is 0 Å². The maximum absolute atomic E-state index is 8.79. The van der Waals surface area contributed by atoms with Gasteiger partial charge in [-0.15, -0.1) is 0 Å². The maximum Gasteiger partial charge on any atom is 0.119 e. The van der Waals surface area contributed by atoms with Crippen LogP contribution in [0, 0.1) is 0 Å². The first-order chi connectivity index (χ1) is 7.76. The molecule has 90 valence electrons. The molecule has 16 heavy (non-hydrogen) atoms. The standard InChI is InChI=1S/C13H21NO2/c1-3-16-13-6-4-5-12(9-13)10-14-11(2)7-8-15/h4-6,9,11,14-15H,3,7-8,10H2,1-2H3. The Hall–Kier alpha value is -1.06. The van der Waals surface area contributed by atoms with Crippen molar-refractivity contribution in [3.63, 3.8) is 0 Å². The molecule has 0 radical (unpaired) electrons. The first-order valence-corrected chi connectivity index (χ1v) is 5.82. The summed E-state index contributed by atoms with van der Waals surface area (Å²) in [5, 5.41) is 12.1. The molecule has 0 aromatic heterocycles. The second kappa shape index (κ2) is 7.25. The molecule has 0 saturated heterocycles. The first kappa shape index (κ1) is 13.0. The van der Waals surface area contributed by atoms with Gasteiger partial charge in [0.1, 0.15) is 5.75 Å². The molecule has 3 nitrogen and oxygen atoms in total. The van der Waals surface area contributed by atoms with E-state index in [0.717, 1.165) is 18.7 Å². The van der Waals surface area contributed by atoms with E-state index >= 15 is 0 Å². The smallest absolute Gasteiger partial charge is 0.119 e. The van der Waals surface area contributed by atoms with Gasteiger partial charge >= 0.3 is 0 Å². The molecule has 0 heterocycles. The number of hydrogen-bond donors (Lipinski definition) is 2. The van der Waals surface area contributed by atoms with Crippen molar-refractivity contribution >= 4 is 0 Å². The number of hydrogen-bond acceptors (Lipinski definition) is 3. The zero-order valence-electron chi connectivity index (χ0n) is 10.1. The summed E-state index contributed by atoms with van der Waals surface area (Å²) in [4.78, 5) is 0. The predicted octanol–water partition coefficient (Wildman–Crippen LogP) is 1.95.